The maximum atomic E-state index is 12.3. The van der Waals surface area contributed by atoms with Crippen molar-refractivity contribution in [3.05, 3.63) is 35.4 Å². The van der Waals surface area contributed by atoms with Gasteiger partial charge in [0.05, 0.1) is 12.5 Å². The summed E-state index contributed by atoms with van der Waals surface area (Å²) in [6.07, 6.45) is 1.31. The first-order chi connectivity index (χ1) is 10.1. The number of benzene rings is 1. The van der Waals surface area contributed by atoms with E-state index in [1.165, 1.54) is 0 Å². The average Bonchev–Trinajstić information content (AvgIpc) is 2.72. The van der Waals surface area contributed by atoms with Crippen LogP contribution in [0.25, 0.3) is 0 Å². The molecule has 6 heteroatoms. The van der Waals surface area contributed by atoms with Gasteiger partial charge in [0.1, 0.15) is 0 Å². The van der Waals surface area contributed by atoms with Crippen molar-refractivity contribution in [1.82, 2.24) is 4.90 Å². The molecule has 1 atom stereocenters. The second kappa shape index (κ2) is 7.08. The molecule has 0 spiro atoms. The highest BCUT2D eigenvalue weighted by molar-refractivity contribution is 5.97. The topological polar surface area (TPSA) is 88.2 Å². The van der Waals surface area contributed by atoms with E-state index in [9.17, 15) is 4.79 Å². The number of ether oxygens (including phenoxy) is 1. The van der Waals surface area contributed by atoms with Crippen molar-refractivity contribution in [2.75, 3.05) is 19.7 Å². The molecular weight excluding hydrogens is 270 g/mol. The van der Waals surface area contributed by atoms with Crippen molar-refractivity contribution < 1.29 is 14.7 Å². The van der Waals surface area contributed by atoms with Gasteiger partial charge in [-0.05, 0) is 18.9 Å². The molecule has 0 aromatic heterocycles. The summed E-state index contributed by atoms with van der Waals surface area (Å²) in [5, 5.41) is 11.6. The maximum Gasteiger partial charge on any atom is 0.227 e. The average molecular weight is 291 g/mol. The number of hydrogen-bond acceptors (Lipinski definition) is 4. The van der Waals surface area contributed by atoms with E-state index in [4.69, 9.17) is 15.7 Å². The number of amides is 1. The molecule has 1 unspecified atom stereocenters. The van der Waals surface area contributed by atoms with Crippen LogP contribution in [0.3, 0.4) is 0 Å². The van der Waals surface area contributed by atoms with Crippen LogP contribution in [0, 0.1) is 0 Å². The van der Waals surface area contributed by atoms with Crippen LogP contribution in [-0.2, 0) is 16.0 Å². The zero-order valence-corrected chi connectivity index (χ0v) is 12.2. The summed E-state index contributed by atoms with van der Waals surface area (Å²) in [5.41, 5.74) is 7.05. The lowest BCUT2D eigenvalue weighted by Gasteiger charge is -2.22. The molecule has 114 valence electrons. The Morgan fingerprint density at radius 3 is 2.86 bits per heavy atom. The van der Waals surface area contributed by atoms with Gasteiger partial charge in [0, 0.05) is 25.3 Å². The molecule has 1 amide bonds. The van der Waals surface area contributed by atoms with E-state index >= 15 is 0 Å². The summed E-state index contributed by atoms with van der Waals surface area (Å²) in [7, 11) is 0. The first-order valence-electron chi connectivity index (χ1n) is 7.06. The molecule has 0 aliphatic carbocycles. The smallest absolute Gasteiger partial charge is 0.227 e. The quantitative estimate of drug-likeness (QED) is 0.376. The van der Waals surface area contributed by atoms with E-state index in [1.54, 1.807) is 12.1 Å². The number of oxime groups is 1. The fourth-order valence-electron chi connectivity index (χ4n) is 2.36. The molecule has 1 heterocycles. The molecule has 1 aromatic rings. The molecule has 6 nitrogen and oxygen atoms in total. The fraction of sp³-hybridized carbons (Fsp3) is 0.467. The Morgan fingerprint density at radius 2 is 2.19 bits per heavy atom. The number of hydrogen-bond donors (Lipinski definition) is 2. The van der Waals surface area contributed by atoms with Gasteiger partial charge >= 0.3 is 0 Å². The van der Waals surface area contributed by atoms with Crippen LogP contribution in [0.15, 0.2) is 29.4 Å². The minimum absolute atomic E-state index is 0.0615. The van der Waals surface area contributed by atoms with Crippen LogP contribution < -0.4 is 5.73 Å². The third-order valence-corrected chi connectivity index (χ3v) is 3.52. The maximum absolute atomic E-state index is 12.3. The molecule has 21 heavy (non-hydrogen) atoms. The van der Waals surface area contributed by atoms with Crippen LogP contribution in [0.2, 0.25) is 0 Å². The Kier molecular flexibility index (Phi) is 5.16. The molecule has 1 saturated heterocycles. The third-order valence-electron chi connectivity index (χ3n) is 3.52. The van der Waals surface area contributed by atoms with Gasteiger partial charge in [-0.25, -0.2) is 0 Å². The predicted octanol–water partition coefficient (Wildman–Crippen LogP) is 0.961. The van der Waals surface area contributed by atoms with Gasteiger partial charge in [-0.1, -0.05) is 29.4 Å². The van der Waals surface area contributed by atoms with E-state index in [1.807, 2.05) is 24.0 Å². The Morgan fingerprint density at radius 1 is 1.48 bits per heavy atom. The monoisotopic (exact) mass is 291 g/mol. The van der Waals surface area contributed by atoms with E-state index in [0.29, 0.717) is 25.1 Å². The van der Waals surface area contributed by atoms with E-state index < -0.39 is 0 Å². The summed E-state index contributed by atoms with van der Waals surface area (Å²) in [6.45, 7) is 4.07. The normalized spacial score (nSPS) is 20.1. The van der Waals surface area contributed by atoms with E-state index in [0.717, 1.165) is 18.5 Å². The highest BCUT2D eigenvalue weighted by Gasteiger charge is 2.19. The van der Waals surface area contributed by atoms with Crippen LogP contribution in [0.1, 0.15) is 24.5 Å². The van der Waals surface area contributed by atoms with Gasteiger partial charge in [0.25, 0.3) is 0 Å². The molecule has 2 rings (SSSR count). The van der Waals surface area contributed by atoms with Crippen molar-refractivity contribution in [2.45, 2.75) is 25.9 Å². The summed E-state index contributed by atoms with van der Waals surface area (Å²) in [6, 6.07) is 7.13. The molecule has 1 fully saturated rings. The summed E-state index contributed by atoms with van der Waals surface area (Å²) >= 11 is 0. The number of nitrogens with zero attached hydrogens (tertiary/aromatic N) is 2. The summed E-state index contributed by atoms with van der Waals surface area (Å²) < 4.78 is 5.54. The van der Waals surface area contributed by atoms with Crippen LogP contribution in [-0.4, -0.2) is 47.7 Å². The Balaban J connectivity index is 1.98. The third kappa shape index (κ3) is 4.19. The molecule has 1 aromatic carbocycles. The lowest BCUT2D eigenvalue weighted by molar-refractivity contribution is -0.131. The van der Waals surface area contributed by atoms with Crippen LogP contribution in [0.4, 0.5) is 0 Å². The molecule has 0 bridgehead atoms. The molecule has 1 aliphatic heterocycles. The number of carbonyl (C=O) groups excluding carboxylic acids is 1. The van der Waals surface area contributed by atoms with Gasteiger partial charge in [0.15, 0.2) is 5.84 Å². The summed E-state index contributed by atoms with van der Waals surface area (Å²) in [5.74, 6) is 0.162. The first-order valence-corrected chi connectivity index (χ1v) is 7.06. The van der Waals surface area contributed by atoms with Gasteiger partial charge in [-0.2, -0.15) is 0 Å². The first kappa shape index (κ1) is 15.3. The second-order valence-electron chi connectivity index (χ2n) is 5.23. The minimum Gasteiger partial charge on any atom is -0.409 e. The minimum atomic E-state index is 0.0615. The Hall–Kier alpha value is -2.08. The van der Waals surface area contributed by atoms with Crippen molar-refractivity contribution in [3.8, 4) is 0 Å². The van der Waals surface area contributed by atoms with Crippen molar-refractivity contribution >= 4 is 11.7 Å². The zero-order valence-electron chi connectivity index (χ0n) is 12.2. The highest BCUT2D eigenvalue weighted by atomic mass is 16.5. The summed E-state index contributed by atoms with van der Waals surface area (Å²) in [4.78, 5) is 14.2. The predicted molar refractivity (Wildman–Crippen MR) is 79.3 cm³/mol. The zero-order chi connectivity index (χ0) is 15.2. The molecule has 0 radical (unpaired) electrons. The van der Waals surface area contributed by atoms with Gasteiger partial charge in [-0.15, -0.1) is 0 Å². The van der Waals surface area contributed by atoms with Crippen molar-refractivity contribution in [1.29, 1.82) is 0 Å². The highest BCUT2D eigenvalue weighted by Crippen LogP contribution is 2.10. The lowest BCUT2D eigenvalue weighted by atomic mass is 10.1. The lowest BCUT2D eigenvalue weighted by Crippen LogP contribution is -2.36. The second-order valence-corrected chi connectivity index (χ2v) is 5.23. The number of rotatable bonds is 3. The van der Waals surface area contributed by atoms with Crippen LogP contribution >= 0.6 is 0 Å². The van der Waals surface area contributed by atoms with Crippen LogP contribution in [0.5, 0.6) is 0 Å². The molecule has 0 saturated carbocycles. The molecule has 3 N–H and O–H groups in total. The Labute approximate surface area is 124 Å². The van der Waals surface area contributed by atoms with Crippen molar-refractivity contribution in [3.63, 3.8) is 0 Å². The van der Waals surface area contributed by atoms with E-state index in [-0.39, 0.29) is 17.8 Å². The molecular formula is C15H21N3O3. The largest absolute Gasteiger partial charge is 0.409 e. The fourth-order valence-corrected chi connectivity index (χ4v) is 2.36. The van der Waals surface area contributed by atoms with Crippen molar-refractivity contribution in [2.24, 2.45) is 10.9 Å². The van der Waals surface area contributed by atoms with Gasteiger partial charge in [0.2, 0.25) is 5.91 Å². The van der Waals surface area contributed by atoms with E-state index in [2.05, 4.69) is 5.16 Å². The standard InChI is InChI=1S/C15H21N3O3/c1-11-10-18(7-2-8-21-11)14(19)9-12-3-5-13(6-4-12)15(16)17-20/h3-6,11,20H,2,7-10H2,1H3,(H2,16,17). The number of carbonyl (C=O) groups is 1. The SMILES string of the molecule is CC1CN(C(=O)Cc2ccc(C(N)=NO)cc2)CCCO1. The van der Waals surface area contributed by atoms with Gasteiger partial charge in [-0.3, -0.25) is 4.79 Å². The molecule has 1 aliphatic rings. The van der Waals surface area contributed by atoms with Gasteiger partial charge < -0.3 is 20.6 Å². The number of nitrogens with two attached hydrogens (primary N) is 1. The Bertz CT molecular complexity index is 513. The number of amidine groups is 1.